The normalized spacial score (nSPS) is 15.1. The van der Waals surface area contributed by atoms with Gasteiger partial charge in [0.25, 0.3) is 0 Å². The summed E-state index contributed by atoms with van der Waals surface area (Å²) in [6.07, 6.45) is 0. The Bertz CT molecular complexity index is 1480. The van der Waals surface area contributed by atoms with Crippen molar-refractivity contribution < 1.29 is 14.3 Å². The maximum atomic E-state index is 13.8. The van der Waals surface area contributed by atoms with Crippen molar-refractivity contribution in [2.24, 2.45) is 0 Å². The van der Waals surface area contributed by atoms with Gasteiger partial charge in [-0.2, -0.15) is 5.10 Å². The van der Waals surface area contributed by atoms with Crippen LogP contribution in [0.4, 0.5) is 5.82 Å². The molecule has 7 nitrogen and oxygen atoms in total. The highest BCUT2D eigenvalue weighted by molar-refractivity contribution is 8.00. The van der Waals surface area contributed by atoms with Crippen LogP contribution >= 0.6 is 11.8 Å². The molecular formula is C31H32N4O3S. The first-order chi connectivity index (χ1) is 19.0. The molecule has 200 valence electrons. The van der Waals surface area contributed by atoms with E-state index in [0.717, 1.165) is 39.2 Å². The van der Waals surface area contributed by atoms with Crippen molar-refractivity contribution in [1.82, 2.24) is 15.1 Å². The van der Waals surface area contributed by atoms with Crippen molar-refractivity contribution in [3.8, 4) is 16.9 Å². The van der Waals surface area contributed by atoms with Crippen molar-refractivity contribution in [1.29, 1.82) is 0 Å². The van der Waals surface area contributed by atoms with E-state index in [9.17, 15) is 9.59 Å². The quantitative estimate of drug-likeness (QED) is 0.315. The van der Waals surface area contributed by atoms with Crippen molar-refractivity contribution in [2.75, 3.05) is 37.5 Å². The van der Waals surface area contributed by atoms with Crippen LogP contribution in [0.15, 0.2) is 78.9 Å². The average molecular weight is 541 g/mol. The zero-order chi connectivity index (χ0) is 27.4. The Kier molecular flexibility index (Phi) is 8.14. The Morgan fingerprint density at radius 1 is 1.05 bits per heavy atom. The van der Waals surface area contributed by atoms with Crippen LogP contribution in [0.5, 0.6) is 0 Å². The molecule has 0 radical (unpaired) electrons. The third kappa shape index (κ3) is 5.62. The van der Waals surface area contributed by atoms with Crippen LogP contribution in [-0.4, -0.2) is 54.2 Å². The second-order valence-electron chi connectivity index (χ2n) is 9.58. The maximum absolute atomic E-state index is 13.8. The number of nitrogens with one attached hydrogen (secondary N) is 1. The fraction of sp³-hybridized carbons (Fsp3) is 0.258. The largest absolute Gasteiger partial charge is 0.383 e. The predicted octanol–water partition coefficient (Wildman–Crippen LogP) is 5.09. The number of nitrogens with zero attached hydrogens (tertiary/aromatic N) is 3. The van der Waals surface area contributed by atoms with E-state index in [0.29, 0.717) is 19.0 Å². The number of ether oxygens (including phenoxy) is 1. The molecule has 1 N–H and O–H groups in total. The number of benzene rings is 3. The first-order valence-corrected chi connectivity index (χ1v) is 14.0. The van der Waals surface area contributed by atoms with Gasteiger partial charge in [-0.05, 0) is 31.0 Å². The van der Waals surface area contributed by atoms with Gasteiger partial charge in [-0.25, -0.2) is 4.68 Å². The Hall–Kier alpha value is -3.88. The number of thioether (sulfide) groups is 1. The van der Waals surface area contributed by atoms with E-state index in [1.54, 1.807) is 23.8 Å². The van der Waals surface area contributed by atoms with Crippen molar-refractivity contribution in [2.45, 2.75) is 19.1 Å². The summed E-state index contributed by atoms with van der Waals surface area (Å²) in [5.41, 5.74) is 6.81. The molecule has 39 heavy (non-hydrogen) atoms. The first-order valence-electron chi connectivity index (χ1n) is 13.0. The van der Waals surface area contributed by atoms with Crippen molar-refractivity contribution in [3.63, 3.8) is 0 Å². The third-order valence-corrected chi connectivity index (χ3v) is 8.01. The second kappa shape index (κ2) is 11.9. The Labute approximate surface area is 233 Å². The molecule has 0 saturated heterocycles. The van der Waals surface area contributed by atoms with Gasteiger partial charge in [0, 0.05) is 24.8 Å². The zero-order valence-corrected chi connectivity index (χ0v) is 23.2. The van der Waals surface area contributed by atoms with Crippen LogP contribution in [0.3, 0.4) is 0 Å². The van der Waals surface area contributed by atoms with Gasteiger partial charge >= 0.3 is 0 Å². The standard InChI is InChI=1S/C31H32N4O3S/c1-21-10-9-14-24(18-21)30-28-29(23-12-5-4-6-13-23)33-35(25-15-8-7-11-22(25)2)31(28)34(27(37)20-39-30)19-26(36)32-16-17-38-3/h4-15,18,30H,16-17,19-20H2,1-3H3,(H,32,36)/t30-/m0/s1. The minimum absolute atomic E-state index is 0.109. The Balaban J connectivity index is 1.77. The molecule has 0 bridgehead atoms. The van der Waals surface area contributed by atoms with Gasteiger partial charge in [0.2, 0.25) is 11.8 Å². The van der Waals surface area contributed by atoms with Gasteiger partial charge < -0.3 is 10.1 Å². The Morgan fingerprint density at radius 2 is 1.82 bits per heavy atom. The molecule has 0 unspecified atom stereocenters. The van der Waals surface area contributed by atoms with E-state index in [1.165, 1.54) is 0 Å². The summed E-state index contributed by atoms with van der Waals surface area (Å²) in [5, 5.41) is 7.87. The molecule has 5 rings (SSSR count). The molecule has 8 heteroatoms. The second-order valence-corrected chi connectivity index (χ2v) is 10.7. The van der Waals surface area contributed by atoms with Gasteiger partial charge in [0.05, 0.1) is 29.0 Å². The molecule has 3 aromatic carbocycles. The number of hydrogen-bond donors (Lipinski definition) is 1. The summed E-state index contributed by atoms with van der Waals surface area (Å²) in [6.45, 7) is 4.76. The van der Waals surface area contributed by atoms with Gasteiger partial charge in [0.15, 0.2) is 0 Å². The predicted molar refractivity (Wildman–Crippen MR) is 156 cm³/mol. The molecule has 1 aliphatic heterocycles. The number of fused-ring (bicyclic) bond motifs is 1. The number of carbonyl (C=O) groups excluding carboxylic acids is 2. The molecule has 4 aromatic rings. The fourth-order valence-electron chi connectivity index (χ4n) is 4.89. The van der Waals surface area contributed by atoms with Gasteiger partial charge in [-0.15, -0.1) is 11.8 Å². The highest BCUT2D eigenvalue weighted by Gasteiger charge is 2.37. The molecule has 1 aliphatic rings. The molecule has 2 heterocycles. The van der Waals surface area contributed by atoms with E-state index in [1.807, 2.05) is 72.3 Å². The maximum Gasteiger partial charge on any atom is 0.240 e. The van der Waals surface area contributed by atoms with E-state index >= 15 is 0 Å². The summed E-state index contributed by atoms with van der Waals surface area (Å²) >= 11 is 1.57. The van der Waals surface area contributed by atoms with Crippen LogP contribution in [0.25, 0.3) is 16.9 Å². The summed E-state index contributed by atoms with van der Waals surface area (Å²) in [5.74, 6) is 0.490. The molecule has 1 atom stereocenters. The summed E-state index contributed by atoms with van der Waals surface area (Å²) < 4.78 is 6.93. The minimum atomic E-state index is -0.246. The number of methoxy groups -OCH3 is 1. The van der Waals surface area contributed by atoms with Crippen LogP contribution in [-0.2, 0) is 14.3 Å². The lowest BCUT2D eigenvalue weighted by Crippen LogP contribution is -2.43. The smallest absolute Gasteiger partial charge is 0.240 e. The molecule has 0 aliphatic carbocycles. The number of aromatic nitrogens is 2. The summed E-state index contributed by atoms with van der Waals surface area (Å²) in [6, 6.07) is 26.4. The lowest BCUT2D eigenvalue weighted by atomic mass is 9.98. The van der Waals surface area contributed by atoms with Crippen LogP contribution in [0.2, 0.25) is 0 Å². The number of hydrogen-bond acceptors (Lipinski definition) is 5. The average Bonchev–Trinajstić information content (AvgIpc) is 3.26. The van der Waals surface area contributed by atoms with Gasteiger partial charge in [0.1, 0.15) is 12.4 Å². The lowest BCUT2D eigenvalue weighted by Gasteiger charge is -2.23. The van der Waals surface area contributed by atoms with Crippen LogP contribution in [0.1, 0.15) is 27.5 Å². The lowest BCUT2D eigenvalue weighted by molar-refractivity contribution is -0.123. The number of anilines is 1. The van der Waals surface area contributed by atoms with E-state index in [-0.39, 0.29) is 29.4 Å². The van der Waals surface area contributed by atoms with Crippen LogP contribution in [0, 0.1) is 13.8 Å². The molecule has 0 fully saturated rings. The number of amides is 2. The highest BCUT2D eigenvalue weighted by atomic mass is 32.2. The number of rotatable bonds is 8. The molecule has 2 amide bonds. The fourth-order valence-corrected chi connectivity index (χ4v) is 6.07. The minimum Gasteiger partial charge on any atom is -0.383 e. The molecule has 1 aromatic heterocycles. The van der Waals surface area contributed by atoms with Crippen molar-refractivity contribution in [3.05, 3.63) is 101 Å². The highest BCUT2D eigenvalue weighted by Crippen LogP contribution is 2.48. The molecule has 0 spiro atoms. The van der Waals surface area contributed by atoms with E-state index < -0.39 is 0 Å². The Morgan fingerprint density at radius 3 is 2.56 bits per heavy atom. The number of para-hydroxylation sites is 1. The monoisotopic (exact) mass is 540 g/mol. The molecular weight excluding hydrogens is 508 g/mol. The summed E-state index contributed by atoms with van der Waals surface area (Å²) in [7, 11) is 1.59. The van der Waals surface area contributed by atoms with E-state index in [2.05, 4.69) is 30.4 Å². The number of aryl methyl sites for hydroxylation is 2. The SMILES string of the molecule is COCCNC(=O)CN1C(=O)CS[C@@H](c2cccc(C)c2)c2c(-c3ccccc3)nn(-c3ccccc3C)c21. The van der Waals surface area contributed by atoms with Crippen molar-refractivity contribution >= 4 is 29.4 Å². The van der Waals surface area contributed by atoms with Gasteiger partial charge in [-0.1, -0.05) is 78.4 Å². The van der Waals surface area contributed by atoms with Crippen LogP contribution < -0.4 is 10.2 Å². The first kappa shape index (κ1) is 26.7. The van der Waals surface area contributed by atoms with Gasteiger partial charge in [-0.3, -0.25) is 14.5 Å². The zero-order valence-electron chi connectivity index (χ0n) is 22.4. The summed E-state index contributed by atoms with van der Waals surface area (Å²) in [4.78, 5) is 28.4. The number of carbonyl (C=O) groups is 2. The topological polar surface area (TPSA) is 76.5 Å². The van der Waals surface area contributed by atoms with E-state index in [4.69, 9.17) is 9.84 Å². The molecule has 0 saturated carbocycles. The third-order valence-electron chi connectivity index (χ3n) is 6.75.